The second-order valence-electron chi connectivity index (χ2n) is 6.49. The van der Waals surface area contributed by atoms with Crippen LogP contribution in [0.1, 0.15) is 34.3 Å². The molecule has 2 heterocycles. The molecule has 0 unspecified atom stereocenters. The van der Waals surface area contributed by atoms with Crippen LogP contribution in [0.3, 0.4) is 0 Å². The van der Waals surface area contributed by atoms with Crippen molar-refractivity contribution in [1.82, 2.24) is 0 Å². The minimum Gasteiger partial charge on any atom is -0.469 e. The molecule has 2 atom stereocenters. The Morgan fingerprint density at radius 3 is 2.48 bits per heavy atom. The highest BCUT2D eigenvalue weighted by Gasteiger charge is 2.40. The van der Waals surface area contributed by atoms with Gasteiger partial charge in [-0.2, -0.15) is 0 Å². The first kappa shape index (κ1) is 14.3. The monoisotopic (exact) mass is 328 g/mol. The van der Waals surface area contributed by atoms with Crippen LogP contribution in [0.25, 0.3) is 11.0 Å². The molecule has 2 aromatic carbocycles. The minimum absolute atomic E-state index is 0.0526. The van der Waals surface area contributed by atoms with Crippen LogP contribution < -0.4 is 5.63 Å². The second kappa shape index (κ2) is 5.49. The lowest BCUT2D eigenvalue weighted by Crippen LogP contribution is -2.14. The van der Waals surface area contributed by atoms with E-state index in [1.807, 2.05) is 54.6 Å². The molecular weight excluding hydrogens is 312 g/mol. The average Bonchev–Trinajstić information content (AvgIpc) is 3.30. The molecule has 5 rings (SSSR count). The fraction of sp³-hybridized carbons (Fsp3) is 0.136. The number of fused-ring (bicyclic) bond motifs is 3. The summed E-state index contributed by atoms with van der Waals surface area (Å²) >= 11 is 0. The average molecular weight is 328 g/mol. The Hall–Kier alpha value is -3.07. The maximum atomic E-state index is 12.8. The molecule has 4 aromatic rings. The number of rotatable bonds is 2. The van der Waals surface area contributed by atoms with Crippen LogP contribution in [-0.4, -0.2) is 0 Å². The van der Waals surface area contributed by atoms with Gasteiger partial charge in [-0.15, -0.1) is 0 Å². The summed E-state index contributed by atoms with van der Waals surface area (Å²) < 4.78 is 11.4. The van der Waals surface area contributed by atoms with E-state index in [2.05, 4.69) is 12.1 Å². The van der Waals surface area contributed by atoms with Crippen molar-refractivity contribution in [3.05, 3.63) is 106 Å². The topological polar surface area (TPSA) is 43.4 Å². The lowest BCUT2D eigenvalue weighted by atomic mass is 9.85. The van der Waals surface area contributed by atoms with Gasteiger partial charge < -0.3 is 8.83 Å². The van der Waals surface area contributed by atoms with E-state index in [0.29, 0.717) is 5.58 Å². The number of hydrogen-bond acceptors (Lipinski definition) is 3. The third-order valence-corrected chi connectivity index (χ3v) is 5.16. The highest BCUT2D eigenvalue weighted by Crippen LogP contribution is 2.48. The van der Waals surface area contributed by atoms with E-state index in [-0.39, 0.29) is 17.5 Å². The Bertz CT molecular complexity index is 1090. The molecule has 3 nitrogen and oxygen atoms in total. The first-order chi connectivity index (χ1) is 12.3. The predicted molar refractivity (Wildman–Crippen MR) is 95.9 cm³/mol. The summed E-state index contributed by atoms with van der Waals surface area (Å²) in [7, 11) is 0. The molecule has 0 saturated carbocycles. The highest BCUT2D eigenvalue weighted by atomic mass is 16.4. The zero-order valence-electron chi connectivity index (χ0n) is 13.5. The van der Waals surface area contributed by atoms with Gasteiger partial charge >= 0.3 is 5.63 Å². The Morgan fingerprint density at radius 2 is 1.68 bits per heavy atom. The van der Waals surface area contributed by atoms with Gasteiger partial charge in [0.25, 0.3) is 0 Å². The van der Waals surface area contributed by atoms with Crippen LogP contribution in [0, 0.1) is 0 Å². The Morgan fingerprint density at radius 1 is 0.880 bits per heavy atom. The lowest BCUT2D eigenvalue weighted by molar-refractivity contribution is 0.448. The fourth-order valence-corrected chi connectivity index (χ4v) is 4.13. The Labute approximate surface area is 144 Å². The van der Waals surface area contributed by atoms with Gasteiger partial charge in [0.15, 0.2) is 0 Å². The summed E-state index contributed by atoms with van der Waals surface area (Å²) in [5.74, 6) is 0.956. The van der Waals surface area contributed by atoms with Gasteiger partial charge in [-0.25, -0.2) is 4.79 Å². The van der Waals surface area contributed by atoms with Gasteiger partial charge in [-0.1, -0.05) is 48.5 Å². The Balaban J connectivity index is 1.81. The molecule has 122 valence electrons. The van der Waals surface area contributed by atoms with Gasteiger partial charge in [0, 0.05) is 22.8 Å². The van der Waals surface area contributed by atoms with Gasteiger partial charge in [-0.05, 0) is 35.7 Å². The van der Waals surface area contributed by atoms with E-state index in [1.54, 1.807) is 6.26 Å². The van der Waals surface area contributed by atoms with E-state index in [0.717, 1.165) is 34.3 Å². The van der Waals surface area contributed by atoms with Crippen molar-refractivity contribution in [3.63, 3.8) is 0 Å². The minimum atomic E-state index is -0.239. The van der Waals surface area contributed by atoms with Gasteiger partial charge in [0.1, 0.15) is 11.3 Å². The normalized spacial score (nSPS) is 19.2. The standard InChI is InChI=1S/C22H16O3/c23-22-21-16(15-9-4-5-10-19(15)25-22)13-17(18-11-6-12-24-18)20(21)14-7-2-1-3-8-14/h1-12,17,20H,13H2/t17-,20-/m1/s1. The molecule has 0 radical (unpaired) electrons. The summed E-state index contributed by atoms with van der Waals surface area (Å²) in [4.78, 5) is 12.8. The molecule has 0 bridgehead atoms. The number of benzene rings is 2. The van der Waals surface area contributed by atoms with Crippen molar-refractivity contribution in [2.45, 2.75) is 18.3 Å². The van der Waals surface area contributed by atoms with Crippen LogP contribution in [-0.2, 0) is 6.42 Å². The molecule has 2 aromatic heterocycles. The van der Waals surface area contributed by atoms with Crippen LogP contribution >= 0.6 is 0 Å². The van der Waals surface area contributed by atoms with Crippen molar-refractivity contribution in [2.24, 2.45) is 0 Å². The fourth-order valence-electron chi connectivity index (χ4n) is 4.13. The lowest BCUT2D eigenvalue weighted by Gasteiger charge is -2.18. The molecule has 25 heavy (non-hydrogen) atoms. The Kier molecular flexibility index (Phi) is 3.14. The maximum Gasteiger partial charge on any atom is 0.340 e. The molecule has 1 aliphatic carbocycles. The van der Waals surface area contributed by atoms with Gasteiger partial charge in [0.05, 0.1) is 6.26 Å². The first-order valence-corrected chi connectivity index (χ1v) is 8.46. The molecule has 0 spiro atoms. The number of furan rings is 1. The molecular formula is C22H16O3. The van der Waals surface area contributed by atoms with E-state index in [1.165, 1.54) is 0 Å². The van der Waals surface area contributed by atoms with Crippen molar-refractivity contribution >= 4 is 11.0 Å². The highest BCUT2D eigenvalue weighted by molar-refractivity contribution is 5.82. The molecule has 0 N–H and O–H groups in total. The SMILES string of the molecule is O=c1oc2ccccc2c2c1[C@H](c1ccccc1)[C@@H](c1ccco1)C2. The molecule has 1 aliphatic rings. The smallest absolute Gasteiger partial charge is 0.340 e. The van der Waals surface area contributed by atoms with Crippen LogP contribution in [0.5, 0.6) is 0 Å². The summed E-state index contributed by atoms with van der Waals surface area (Å²) in [6.07, 6.45) is 2.47. The summed E-state index contributed by atoms with van der Waals surface area (Å²) in [6.45, 7) is 0. The van der Waals surface area contributed by atoms with Crippen LogP contribution in [0.4, 0.5) is 0 Å². The zero-order chi connectivity index (χ0) is 16.8. The van der Waals surface area contributed by atoms with Crippen molar-refractivity contribution in [2.75, 3.05) is 0 Å². The van der Waals surface area contributed by atoms with Gasteiger partial charge in [0.2, 0.25) is 0 Å². The van der Waals surface area contributed by atoms with Crippen molar-refractivity contribution in [3.8, 4) is 0 Å². The first-order valence-electron chi connectivity index (χ1n) is 8.46. The third kappa shape index (κ3) is 2.16. The quantitative estimate of drug-likeness (QED) is 0.494. The predicted octanol–water partition coefficient (Wildman–Crippen LogP) is 4.86. The molecule has 0 amide bonds. The maximum absolute atomic E-state index is 12.8. The summed E-state index contributed by atoms with van der Waals surface area (Å²) in [5.41, 5.74) is 3.38. The molecule has 0 saturated heterocycles. The summed E-state index contributed by atoms with van der Waals surface area (Å²) in [6, 6.07) is 21.8. The number of hydrogen-bond donors (Lipinski definition) is 0. The van der Waals surface area contributed by atoms with E-state index >= 15 is 0 Å². The van der Waals surface area contributed by atoms with E-state index < -0.39 is 0 Å². The van der Waals surface area contributed by atoms with Crippen LogP contribution in [0.2, 0.25) is 0 Å². The summed E-state index contributed by atoms with van der Waals surface area (Å²) in [5, 5.41) is 1.02. The second-order valence-corrected chi connectivity index (χ2v) is 6.49. The van der Waals surface area contributed by atoms with Crippen molar-refractivity contribution in [1.29, 1.82) is 0 Å². The molecule has 3 heteroatoms. The van der Waals surface area contributed by atoms with E-state index in [9.17, 15) is 4.79 Å². The van der Waals surface area contributed by atoms with E-state index in [4.69, 9.17) is 8.83 Å². The molecule has 0 fully saturated rings. The van der Waals surface area contributed by atoms with Crippen molar-refractivity contribution < 1.29 is 8.83 Å². The zero-order valence-corrected chi connectivity index (χ0v) is 13.5. The van der Waals surface area contributed by atoms with Gasteiger partial charge in [-0.3, -0.25) is 0 Å². The van der Waals surface area contributed by atoms with Crippen LogP contribution in [0.15, 0.2) is 86.6 Å². The third-order valence-electron chi connectivity index (χ3n) is 5.16. The number of para-hydroxylation sites is 1. The largest absolute Gasteiger partial charge is 0.469 e. The molecule has 0 aliphatic heterocycles.